The van der Waals surface area contributed by atoms with E-state index in [1.165, 1.54) is 0 Å². The third-order valence-corrected chi connectivity index (χ3v) is 2.33. The van der Waals surface area contributed by atoms with Crippen molar-refractivity contribution < 1.29 is 4.79 Å². The van der Waals surface area contributed by atoms with Crippen molar-refractivity contribution in [3.63, 3.8) is 0 Å². The maximum absolute atomic E-state index is 11.6. The Hall–Kier alpha value is -0.770. The number of amides is 2. The second kappa shape index (κ2) is 7.62. The van der Waals surface area contributed by atoms with Crippen LogP contribution in [0.3, 0.4) is 0 Å². The van der Waals surface area contributed by atoms with Gasteiger partial charge >= 0.3 is 6.03 Å². The number of urea groups is 1. The number of nitrogens with zero attached hydrogens (tertiary/aromatic N) is 2. The number of hydrogen-bond donors (Lipinski definition) is 1. The molecule has 0 unspecified atom stereocenters. The average Bonchev–Trinajstić information content (AvgIpc) is 2.21. The lowest BCUT2D eigenvalue weighted by Crippen LogP contribution is -2.39. The second-order valence-corrected chi connectivity index (χ2v) is 3.57. The summed E-state index contributed by atoms with van der Waals surface area (Å²) < 4.78 is 0. The molecule has 4 heteroatoms. The summed E-state index contributed by atoms with van der Waals surface area (Å²) >= 11 is 0. The first-order valence-corrected chi connectivity index (χ1v) is 5.29. The van der Waals surface area contributed by atoms with Gasteiger partial charge in [0.25, 0.3) is 0 Å². The van der Waals surface area contributed by atoms with Gasteiger partial charge in [0, 0.05) is 27.2 Å². The van der Waals surface area contributed by atoms with Crippen molar-refractivity contribution in [2.24, 2.45) is 5.73 Å². The molecule has 0 saturated heterocycles. The van der Waals surface area contributed by atoms with Crippen molar-refractivity contribution in [2.45, 2.75) is 26.2 Å². The molecule has 2 N–H and O–H groups in total. The predicted molar refractivity (Wildman–Crippen MR) is 59.2 cm³/mol. The highest BCUT2D eigenvalue weighted by atomic mass is 16.2. The number of unbranched alkanes of at least 4 members (excludes halogenated alkanes) is 2. The van der Waals surface area contributed by atoms with Crippen molar-refractivity contribution >= 4 is 6.03 Å². The molecular formula is C10H23N3O. The molecule has 0 aromatic carbocycles. The molecule has 0 aliphatic rings. The van der Waals surface area contributed by atoms with Crippen LogP contribution < -0.4 is 5.73 Å². The van der Waals surface area contributed by atoms with Crippen molar-refractivity contribution in [3.8, 4) is 0 Å². The second-order valence-electron chi connectivity index (χ2n) is 3.57. The third-order valence-electron chi connectivity index (χ3n) is 2.33. The number of hydrogen-bond acceptors (Lipinski definition) is 2. The van der Waals surface area contributed by atoms with Crippen LogP contribution in [-0.4, -0.2) is 49.6 Å². The Morgan fingerprint density at radius 1 is 1.14 bits per heavy atom. The van der Waals surface area contributed by atoms with Gasteiger partial charge in [-0.3, -0.25) is 0 Å². The van der Waals surface area contributed by atoms with Crippen LogP contribution in [0.4, 0.5) is 4.79 Å². The zero-order chi connectivity index (χ0) is 11.0. The SMILES string of the molecule is CCN(C)C(=O)N(C)CCCCCN. The minimum atomic E-state index is 0.0975. The van der Waals surface area contributed by atoms with E-state index in [2.05, 4.69) is 0 Å². The number of carbonyl (C=O) groups is 1. The van der Waals surface area contributed by atoms with Gasteiger partial charge in [-0.1, -0.05) is 6.42 Å². The lowest BCUT2D eigenvalue weighted by atomic mass is 10.2. The first-order chi connectivity index (χ1) is 6.63. The largest absolute Gasteiger partial charge is 0.330 e. The van der Waals surface area contributed by atoms with Crippen LogP contribution in [0.5, 0.6) is 0 Å². The summed E-state index contributed by atoms with van der Waals surface area (Å²) in [5.74, 6) is 0. The Labute approximate surface area is 87.0 Å². The fourth-order valence-electron chi connectivity index (χ4n) is 1.19. The normalized spacial score (nSPS) is 10.0. The van der Waals surface area contributed by atoms with Gasteiger partial charge < -0.3 is 15.5 Å². The van der Waals surface area contributed by atoms with E-state index in [4.69, 9.17) is 5.73 Å². The maximum Gasteiger partial charge on any atom is 0.319 e. The molecule has 0 spiro atoms. The molecule has 0 bridgehead atoms. The summed E-state index contributed by atoms with van der Waals surface area (Å²) in [6.07, 6.45) is 3.19. The van der Waals surface area contributed by atoms with Crippen molar-refractivity contribution in [2.75, 3.05) is 33.7 Å². The summed E-state index contributed by atoms with van der Waals surface area (Å²) in [6, 6.07) is 0.0975. The third kappa shape index (κ3) is 5.07. The van der Waals surface area contributed by atoms with Crippen LogP contribution in [0.15, 0.2) is 0 Å². The minimum Gasteiger partial charge on any atom is -0.330 e. The molecule has 4 nitrogen and oxygen atoms in total. The van der Waals surface area contributed by atoms with Crippen LogP contribution in [-0.2, 0) is 0 Å². The van der Waals surface area contributed by atoms with Crippen molar-refractivity contribution in [1.29, 1.82) is 0 Å². The molecule has 14 heavy (non-hydrogen) atoms. The van der Waals surface area contributed by atoms with Gasteiger partial charge in [-0.25, -0.2) is 4.79 Å². The van der Waals surface area contributed by atoms with Crippen molar-refractivity contribution in [3.05, 3.63) is 0 Å². The Balaban J connectivity index is 3.62. The van der Waals surface area contributed by atoms with Crippen LogP contribution in [0.2, 0.25) is 0 Å². The molecule has 0 radical (unpaired) electrons. The molecule has 0 heterocycles. The highest BCUT2D eigenvalue weighted by Gasteiger charge is 2.11. The van der Waals surface area contributed by atoms with E-state index in [1.807, 2.05) is 21.0 Å². The molecule has 0 aliphatic carbocycles. The molecule has 2 amide bonds. The van der Waals surface area contributed by atoms with E-state index in [0.717, 1.165) is 38.9 Å². The number of nitrogens with two attached hydrogens (primary N) is 1. The van der Waals surface area contributed by atoms with Crippen molar-refractivity contribution in [1.82, 2.24) is 9.80 Å². The zero-order valence-electron chi connectivity index (χ0n) is 9.62. The number of rotatable bonds is 6. The molecule has 0 atom stereocenters. The van der Waals surface area contributed by atoms with E-state index in [1.54, 1.807) is 9.80 Å². The van der Waals surface area contributed by atoms with Crippen LogP contribution >= 0.6 is 0 Å². The lowest BCUT2D eigenvalue weighted by Gasteiger charge is -2.23. The lowest BCUT2D eigenvalue weighted by molar-refractivity contribution is 0.174. The van der Waals surface area contributed by atoms with Gasteiger partial charge in [-0.2, -0.15) is 0 Å². The molecule has 84 valence electrons. The molecule has 0 aromatic heterocycles. The van der Waals surface area contributed by atoms with Gasteiger partial charge in [0.15, 0.2) is 0 Å². The molecule has 0 saturated carbocycles. The highest BCUT2D eigenvalue weighted by molar-refractivity contribution is 5.73. The van der Waals surface area contributed by atoms with Gasteiger partial charge in [-0.05, 0) is 26.3 Å². The summed E-state index contributed by atoms with van der Waals surface area (Å²) in [5, 5.41) is 0. The Bertz CT molecular complexity index is 161. The Morgan fingerprint density at radius 3 is 2.29 bits per heavy atom. The fraction of sp³-hybridized carbons (Fsp3) is 0.900. The van der Waals surface area contributed by atoms with Gasteiger partial charge in [-0.15, -0.1) is 0 Å². The van der Waals surface area contributed by atoms with E-state index in [9.17, 15) is 4.79 Å². The van der Waals surface area contributed by atoms with E-state index < -0.39 is 0 Å². The van der Waals surface area contributed by atoms with Crippen LogP contribution in [0.25, 0.3) is 0 Å². The number of carbonyl (C=O) groups excluding carboxylic acids is 1. The Morgan fingerprint density at radius 2 is 1.79 bits per heavy atom. The predicted octanol–water partition coefficient (Wildman–Crippen LogP) is 1.12. The average molecular weight is 201 g/mol. The van der Waals surface area contributed by atoms with Crippen LogP contribution in [0, 0.1) is 0 Å². The first kappa shape index (κ1) is 13.2. The maximum atomic E-state index is 11.6. The fourth-order valence-corrected chi connectivity index (χ4v) is 1.19. The summed E-state index contributed by atoms with van der Waals surface area (Å²) in [7, 11) is 3.66. The Kier molecular flexibility index (Phi) is 7.20. The first-order valence-electron chi connectivity index (χ1n) is 5.29. The molecule has 0 aliphatic heterocycles. The quantitative estimate of drug-likeness (QED) is 0.655. The molecule has 0 aromatic rings. The molecule has 0 fully saturated rings. The molecular weight excluding hydrogens is 178 g/mol. The minimum absolute atomic E-state index is 0.0975. The summed E-state index contributed by atoms with van der Waals surface area (Å²) in [6.45, 7) is 4.29. The zero-order valence-corrected chi connectivity index (χ0v) is 9.62. The van der Waals surface area contributed by atoms with Gasteiger partial charge in [0.1, 0.15) is 0 Å². The summed E-state index contributed by atoms with van der Waals surface area (Å²) in [4.78, 5) is 15.0. The summed E-state index contributed by atoms with van der Waals surface area (Å²) in [5.41, 5.74) is 5.39. The molecule has 0 rings (SSSR count). The smallest absolute Gasteiger partial charge is 0.319 e. The van der Waals surface area contributed by atoms with E-state index in [-0.39, 0.29) is 6.03 Å². The standard InChI is InChI=1S/C10H23N3O/c1-4-12(2)10(14)13(3)9-7-5-6-8-11/h4-9,11H2,1-3H3. The highest BCUT2D eigenvalue weighted by Crippen LogP contribution is 1.99. The van der Waals surface area contributed by atoms with Crippen LogP contribution in [0.1, 0.15) is 26.2 Å². The van der Waals surface area contributed by atoms with Gasteiger partial charge in [0.05, 0.1) is 0 Å². The van der Waals surface area contributed by atoms with E-state index in [0.29, 0.717) is 0 Å². The van der Waals surface area contributed by atoms with Gasteiger partial charge in [0.2, 0.25) is 0 Å². The topological polar surface area (TPSA) is 49.6 Å². The van der Waals surface area contributed by atoms with E-state index >= 15 is 0 Å². The monoisotopic (exact) mass is 201 g/mol.